The summed E-state index contributed by atoms with van der Waals surface area (Å²) in [6.45, 7) is 1.74. The van der Waals surface area contributed by atoms with E-state index >= 15 is 0 Å². The molecule has 0 aliphatic rings. The fourth-order valence-corrected chi connectivity index (χ4v) is 0.662. The normalized spacial score (nSPS) is 13.0. The van der Waals surface area contributed by atoms with Crippen molar-refractivity contribution in [2.45, 2.75) is 13.0 Å². The number of carbonyl (C=O) groups is 1. The Morgan fingerprint density at radius 2 is 2.50 bits per heavy atom. The van der Waals surface area contributed by atoms with Crippen LogP contribution in [0.15, 0.2) is 22.8 Å². The first-order chi connectivity index (χ1) is 4.72. The Balaban J connectivity index is 2.78. The quantitative estimate of drug-likeness (QED) is 0.592. The highest BCUT2D eigenvalue weighted by Crippen LogP contribution is 2.01. The van der Waals surface area contributed by atoms with Gasteiger partial charge in [-0.25, -0.2) is 0 Å². The van der Waals surface area contributed by atoms with Gasteiger partial charge in [0.25, 0.3) is 5.78 Å². The molecule has 0 bridgehead atoms. The van der Waals surface area contributed by atoms with Gasteiger partial charge in [-0.15, -0.1) is 0 Å². The fourth-order valence-electron chi connectivity index (χ4n) is 0.662. The van der Waals surface area contributed by atoms with E-state index in [4.69, 9.17) is 4.42 Å². The lowest BCUT2D eigenvalue weighted by molar-refractivity contribution is -0.393. The smallest absolute Gasteiger partial charge is 0.254 e. The summed E-state index contributed by atoms with van der Waals surface area (Å²) in [7, 11) is 0. The van der Waals surface area contributed by atoms with Crippen molar-refractivity contribution in [1.82, 2.24) is 0 Å². The van der Waals surface area contributed by atoms with Gasteiger partial charge in [0.2, 0.25) is 0 Å². The topological polar surface area (TPSA) is 57.9 Å². The van der Waals surface area contributed by atoms with E-state index in [-0.39, 0.29) is 11.8 Å². The molecule has 0 spiro atoms. The molecule has 1 rings (SSSR count). The minimum Gasteiger partial charge on any atom is -0.461 e. The monoisotopic (exact) mass is 140 g/mol. The molecule has 1 heterocycles. The summed E-state index contributed by atoms with van der Waals surface area (Å²) in [5.41, 5.74) is 3.58. The van der Waals surface area contributed by atoms with E-state index in [1.807, 2.05) is 0 Å². The molecule has 1 atom stereocenters. The average Bonchev–Trinajstić information content (AvgIpc) is 2.36. The van der Waals surface area contributed by atoms with Crippen molar-refractivity contribution in [2.24, 2.45) is 0 Å². The van der Waals surface area contributed by atoms with Gasteiger partial charge in [-0.2, -0.15) is 0 Å². The lowest BCUT2D eigenvalue weighted by atomic mass is 10.2. The van der Waals surface area contributed by atoms with Crippen LogP contribution in [0.5, 0.6) is 0 Å². The lowest BCUT2D eigenvalue weighted by Crippen LogP contribution is -2.63. The lowest BCUT2D eigenvalue weighted by Gasteiger charge is -1.94. The summed E-state index contributed by atoms with van der Waals surface area (Å²) in [4.78, 5) is 11.0. The second-order valence-electron chi connectivity index (χ2n) is 2.24. The summed E-state index contributed by atoms with van der Waals surface area (Å²) in [6.07, 6.45) is 1.48. The van der Waals surface area contributed by atoms with Gasteiger partial charge in [0.05, 0.1) is 6.26 Å². The second kappa shape index (κ2) is 2.66. The maximum Gasteiger partial charge on any atom is 0.254 e. The Morgan fingerprint density at radius 3 is 2.90 bits per heavy atom. The molecule has 0 aliphatic carbocycles. The van der Waals surface area contributed by atoms with Crippen molar-refractivity contribution >= 4 is 5.78 Å². The molecule has 0 amide bonds. The molecule has 0 aromatic carbocycles. The first kappa shape index (κ1) is 7.02. The van der Waals surface area contributed by atoms with Gasteiger partial charge in [-0.1, -0.05) is 0 Å². The van der Waals surface area contributed by atoms with Crippen LogP contribution >= 0.6 is 0 Å². The maximum absolute atomic E-state index is 11.0. The molecule has 3 N–H and O–H groups in total. The number of rotatable bonds is 2. The van der Waals surface area contributed by atoms with Crippen molar-refractivity contribution in [2.75, 3.05) is 0 Å². The summed E-state index contributed by atoms with van der Waals surface area (Å²) in [6, 6.07) is 3.10. The van der Waals surface area contributed by atoms with Crippen LogP contribution in [-0.4, -0.2) is 11.8 Å². The molecule has 1 aromatic rings. The van der Waals surface area contributed by atoms with E-state index in [2.05, 4.69) is 5.73 Å². The third kappa shape index (κ3) is 1.25. The minimum atomic E-state index is -0.230. The third-order valence-electron chi connectivity index (χ3n) is 1.21. The van der Waals surface area contributed by atoms with Crippen LogP contribution in [0, 0.1) is 0 Å². The molecular weight excluding hydrogens is 130 g/mol. The van der Waals surface area contributed by atoms with Gasteiger partial charge in [0.1, 0.15) is 6.04 Å². The minimum absolute atomic E-state index is 0.0509. The molecule has 0 unspecified atom stereocenters. The zero-order valence-corrected chi connectivity index (χ0v) is 5.83. The van der Waals surface area contributed by atoms with E-state index < -0.39 is 0 Å². The van der Waals surface area contributed by atoms with Crippen molar-refractivity contribution in [3.05, 3.63) is 24.2 Å². The number of Topliss-reactive ketones (excluding diaryl/α,β-unsaturated/α-hetero) is 1. The summed E-state index contributed by atoms with van der Waals surface area (Å²) >= 11 is 0. The van der Waals surface area contributed by atoms with Crippen LogP contribution in [-0.2, 0) is 0 Å². The summed E-state index contributed by atoms with van der Waals surface area (Å²) in [5, 5.41) is 0. The van der Waals surface area contributed by atoms with Crippen molar-refractivity contribution in [1.29, 1.82) is 0 Å². The zero-order valence-electron chi connectivity index (χ0n) is 5.83. The highest BCUT2D eigenvalue weighted by molar-refractivity contribution is 5.96. The third-order valence-corrected chi connectivity index (χ3v) is 1.21. The van der Waals surface area contributed by atoms with E-state index in [0.29, 0.717) is 5.76 Å². The van der Waals surface area contributed by atoms with Crippen LogP contribution < -0.4 is 5.73 Å². The molecule has 0 saturated carbocycles. The summed E-state index contributed by atoms with van der Waals surface area (Å²) in [5.74, 6) is 0.340. The van der Waals surface area contributed by atoms with Gasteiger partial charge in [0.15, 0.2) is 5.76 Å². The first-order valence-electron chi connectivity index (χ1n) is 3.12. The second-order valence-corrected chi connectivity index (χ2v) is 2.24. The van der Waals surface area contributed by atoms with Crippen molar-refractivity contribution < 1.29 is 14.9 Å². The van der Waals surface area contributed by atoms with Gasteiger partial charge in [0, 0.05) is 0 Å². The number of hydrogen-bond acceptors (Lipinski definition) is 2. The number of ketones is 1. The van der Waals surface area contributed by atoms with E-state index in [0.717, 1.165) is 0 Å². The van der Waals surface area contributed by atoms with Crippen LogP contribution in [0.2, 0.25) is 0 Å². The molecule has 3 nitrogen and oxygen atoms in total. The van der Waals surface area contributed by atoms with Gasteiger partial charge >= 0.3 is 0 Å². The molecule has 1 aromatic heterocycles. The largest absolute Gasteiger partial charge is 0.461 e. The number of carbonyl (C=O) groups excluding carboxylic acids is 1. The number of furan rings is 1. The Kier molecular flexibility index (Phi) is 1.87. The standard InChI is InChI=1S/C7H9NO2/c1-5(8)7(9)6-3-2-4-10-6/h2-5H,8H2,1H3/p+1/t5-/m1/s1. The van der Waals surface area contributed by atoms with Gasteiger partial charge in [-0.3, -0.25) is 4.79 Å². The Bertz CT molecular complexity index is 214. The molecule has 3 heteroatoms. The maximum atomic E-state index is 11.0. The Labute approximate surface area is 58.8 Å². The first-order valence-corrected chi connectivity index (χ1v) is 3.12. The Morgan fingerprint density at radius 1 is 1.80 bits per heavy atom. The molecule has 0 saturated heterocycles. The van der Waals surface area contributed by atoms with Gasteiger partial charge in [-0.05, 0) is 19.1 Å². The van der Waals surface area contributed by atoms with E-state index in [9.17, 15) is 4.79 Å². The van der Waals surface area contributed by atoms with Crippen LogP contribution in [0.4, 0.5) is 0 Å². The van der Waals surface area contributed by atoms with Gasteiger partial charge < -0.3 is 10.2 Å². The summed E-state index contributed by atoms with van der Waals surface area (Å²) < 4.78 is 4.87. The number of quaternary nitrogens is 1. The molecule has 0 fully saturated rings. The van der Waals surface area contributed by atoms with Crippen molar-refractivity contribution in [3.63, 3.8) is 0 Å². The Hall–Kier alpha value is -1.09. The molecule has 0 aliphatic heterocycles. The van der Waals surface area contributed by atoms with Crippen molar-refractivity contribution in [3.8, 4) is 0 Å². The van der Waals surface area contributed by atoms with E-state index in [1.54, 1.807) is 19.1 Å². The van der Waals surface area contributed by atoms with Crippen LogP contribution in [0.3, 0.4) is 0 Å². The number of hydrogen-bond donors (Lipinski definition) is 1. The highest BCUT2D eigenvalue weighted by Gasteiger charge is 2.15. The highest BCUT2D eigenvalue weighted by atomic mass is 16.3. The molecular formula is C7H10NO2+. The average molecular weight is 140 g/mol. The van der Waals surface area contributed by atoms with E-state index in [1.165, 1.54) is 6.26 Å². The fraction of sp³-hybridized carbons (Fsp3) is 0.286. The zero-order chi connectivity index (χ0) is 7.56. The predicted octanol–water partition coefficient (Wildman–Crippen LogP) is 0.0927. The van der Waals surface area contributed by atoms with Crippen LogP contribution in [0.25, 0.3) is 0 Å². The van der Waals surface area contributed by atoms with Crippen LogP contribution in [0.1, 0.15) is 17.5 Å². The molecule has 10 heavy (non-hydrogen) atoms. The molecule has 0 radical (unpaired) electrons. The SMILES string of the molecule is C[C@@H]([NH3+])C(=O)c1ccco1. The predicted molar refractivity (Wildman–Crippen MR) is 35.4 cm³/mol. The molecule has 54 valence electrons.